The van der Waals surface area contributed by atoms with E-state index >= 15 is 0 Å². The van der Waals surface area contributed by atoms with Crippen LogP contribution in [0.3, 0.4) is 0 Å². The third kappa shape index (κ3) is 7.21. The topological polar surface area (TPSA) is 113 Å². The van der Waals surface area contributed by atoms with Gasteiger partial charge in [0.15, 0.2) is 46.3 Å². The van der Waals surface area contributed by atoms with Gasteiger partial charge in [0.2, 0.25) is 0 Å². The highest BCUT2D eigenvalue weighted by atomic mass is 79.9. The van der Waals surface area contributed by atoms with Crippen LogP contribution in [0.15, 0.2) is 53.5 Å². The first-order valence-electron chi connectivity index (χ1n) is 16.7. The van der Waals surface area contributed by atoms with Crippen LogP contribution in [0.4, 0.5) is 17.6 Å². The highest BCUT2D eigenvalue weighted by Gasteiger charge is 2.52. The van der Waals surface area contributed by atoms with Gasteiger partial charge in [-0.25, -0.2) is 27.5 Å². The molecule has 6 aromatic rings. The summed E-state index contributed by atoms with van der Waals surface area (Å²) in [5.41, 5.74) is 2.16. The fourth-order valence-electron chi connectivity index (χ4n) is 6.07. The van der Waals surface area contributed by atoms with E-state index in [9.17, 15) is 17.6 Å². The lowest BCUT2D eigenvalue weighted by Gasteiger charge is -2.32. The molecular formula is C38H38BBrF4N4O6. The summed E-state index contributed by atoms with van der Waals surface area (Å²) in [5, 5.41) is 1.52. The minimum Gasteiger partial charge on any atom is -0.494 e. The number of methoxy groups -OCH3 is 4. The summed E-state index contributed by atoms with van der Waals surface area (Å²) in [6, 6.07) is 6.12. The number of benzene rings is 2. The van der Waals surface area contributed by atoms with E-state index in [1.807, 2.05) is 39.8 Å². The third-order valence-corrected chi connectivity index (χ3v) is 10.2. The van der Waals surface area contributed by atoms with Crippen molar-refractivity contribution in [2.45, 2.75) is 51.7 Å². The molecule has 0 bridgehead atoms. The second-order valence-corrected chi connectivity index (χ2v) is 14.5. The summed E-state index contributed by atoms with van der Waals surface area (Å²) in [6.45, 7) is 7.90. The zero-order valence-corrected chi connectivity index (χ0v) is 32.4. The van der Waals surface area contributed by atoms with Crippen LogP contribution in [0.2, 0.25) is 0 Å². The second-order valence-electron chi connectivity index (χ2n) is 13.6. The fraction of sp³-hybridized carbons (Fsp3) is 0.316. The van der Waals surface area contributed by atoms with E-state index in [-0.39, 0.29) is 47.0 Å². The minimum atomic E-state index is -0.759. The van der Waals surface area contributed by atoms with E-state index in [2.05, 4.69) is 35.9 Å². The number of halogens is 5. The summed E-state index contributed by atoms with van der Waals surface area (Å²) in [5.74, 6) is -3.26. The monoisotopic (exact) mass is 812 g/mol. The van der Waals surface area contributed by atoms with Crippen molar-refractivity contribution in [3.8, 4) is 23.0 Å². The van der Waals surface area contributed by atoms with Gasteiger partial charge in [0.25, 0.3) is 0 Å². The molecule has 1 fully saturated rings. The molecule has 0 amide bonds. The van der Waals surface area contributed by atoms with Crippen LogP contribution in [0.5, 0.6) is 23.0 Å². The van der Waals surface area contributed by atoms with Crippen molar-refractivity contribution in [1.29, 1.82) is 0 Å². The molecule has 2 aromatic carbocycles. The number of pyridine rings is 2. The molecule has 16 heteroatoms. The number of fused-ring (bicyclic) bond motifs is 2. The van der Waals surface area contributed by atoms with Gasteiger partial charge < -0.3 is 38.2 Å². The maximum Gasteiger partial charge on any atom is 0.496 e. The molecule has 0 atom stereocenters. The smallest absolute Gasteiger partial charge is 0.494 e. The van der Waals surface area contributed by atoms with Gasteiger partial charge in [0, 0.05) is 81.6 Å². The summed E-state index contributed by atoms with van der Waals surface area (Å²) in [7, 11) is 4.71. The molecule has 1 aliphatic heterocycles. The zero-order chi connectivity index (χ0) is 39.1. The van der Waals surface area contributed by atoms with Crippen molar-refractivity contribution >= 4 is 50.6 Å². The molecule has 0 spiro atoms. The van der Waals surface area contributed by atoms with Crippen LogP contribution in [0, 0.1) is 23.3 Å². The lowest BCUT2D eigenvalue weighted by atomic mass is 9.79. The van der Waals surface area contributed by atoms with Crippen molar-refractivity contribution in [2.24, 2.45) is 0 Å². The van der Waals surface area contributed by atoms with Crippen molar-refractivity contribution < 1.29 is 45.8 Å². The van der Waals surface area contributed by atoms with Gasteiger partial charge in [0.1, 0.15) is 11.3 Å². The van der Waals surface area contributed by atoms with Gasteiger partial charge in [0.05, 0.1) is 39.6 Å². The third-order valence-electron chi connectivity index (χ3n) is 9.81. The average molecular weight is 813 g/mol. The Kier molecular flexibility index (Phi) is 10.9. The minimum absolute atomic E-state index is 0.0142. The lowest BCUT2D eigenvalue weighted by molar-refractivity contribution is 0.00578. The summed E-state index contributed by atoms with van der Waals surface area (Å²) < 4.78 is 91.6. The first-order chi connectivity index (χ1) is 25.6. The van der Waals surface area contributed by atoms with Crippen LogP contribution in [-0.4, -0.2) is 66.7 Å². The maximum atomic E-state index is 14.9. The standard InChI is InChI=1S/C22H25BF2N2O4.C16H13BrF2N2O2/c1-21(2)22(3,4)31-23(30-21)13-8-14-12(10-26-20(14)27-11-13)7-15-18(24)16(28-5)9-17(29-6)19(15)25;1-22-12-5-13(23-2)15(19)11(14(12)18)3-8-6-20-16-10(8)4-9(17)7-21-16/h8-11H,7H2,1-6H3,(H,26,27);4-7H,3H2,1-2H3,(H,20,21). The van der Waals surface area contributed by atoms with Crippen molar-refractivity contribution in [2.75, 3.05) is 28.4 Å². The van der Waals surface area contributed by atoms with Gasteiger partial charge in [-0.3, -0.25) is 0 Å². The Labute approximate surface area is 317 Å². The number of hydrogen-bond donors (Lipinski definition) is 2. The number of aromatic nitrogens is 4. The first-order valence-corrected chi connectivity index (χ1v) is 17.5. The highest BCUT2D eigenvalue weighted by molar-refractivity contribution is 9.10. The van der Waals surface area contributed by atoms with E-state index in [1.54, 1.807) is 24.8 Å². The maximum absolute atomic E-state index is 14.9. The normalized spacial score (nSPS) is 14.6. The molecule has 1 aliphatic rings. The summed E-state index contributed by atoms with van der Waals surface area (Å²) in [4.78, 5) is 14.7. The van der Waals surface area contributed by atoms with E-state index in [1.165, 1.54) is 40.6 Å². The second kappa shape index (κ2) is 15.1. The van der Waals surface area contributed by atoms with Crippen LogP contribution in [0.25, 0.3) is 22.1 Å². The predicted octanol–water partition coefficient (Wildman–Crippen LogP) is 7.96. The number of hydrogen-bond acceptors (Lipinski definition) is 8. The van der Waals surface area contributed by atoms with Crippen molar-refractivity contribution in [3.63, 3.8) is 0 Å². The van der Waals surface area contributed by atoms with Gasteiger partial charge in [-0.1, -0.05) is 0 Å². The fourth-order valence-corrected chi connectivity index (χ4v) is 6.40. The van der Waals surface area contributed by atoms with Gasteiger partial charge in [-0.05, 0) is 66.9 Å². The number of H-pyrrole nitrogens is 2. The van der Waals surface area contributed by atoms with Crippen LogP contribution < -0.4 is 24.4 Å². The van der Waals surface area contributed by atoms with Crippen LogP contribution in [0.1, 0.15) is 49.9 Å². The summed E-state index contributed by atoms with van der Waals surface area (Å²) >= 11 is 3.35. The van der Waals surface area contributed by atoms with E-state index in [0.717, 1.165) is 26.3 Å². The number of ether oxygens (including phenoxy) is 4. The quantitative estimate of drug-likeness (QED) is 0.112. The Balaban J connectivity index is 0.000000193. The van der Waals surface area contributed by atoms with Crippen LogP contribution >= 0.6 is 15.9 Å². The van der Waals surface area contributed by atoms with Crippen LogP contribution in [-0.2, 0) is 22.2 Å². The molecular weight excluding hydrogens is 775 g/mol. The number of nitrogens with one attached hydrogen (secondary N) is 2. The zero-order valence-electron chi connectivity index (χ0n) is 30.8. The molecule has 2 N–H and O–H groups in total. The number of aromatic amines is 2. The van der Waals surface area contributed by atoms with Crippen molar-refractivity contribution in [1.82, 2.24) is 19.9 Å². The Morgan fingerprint density at radius 3 is 1.43 bits per heavy atom. The number of rotatable bonds is 9. The molecule has 0 radical (unpaired) electrons. The molecule has 54 heavy (non-hydrogen) atoms. The van der Waals surface area contributed by atoms with E-state index in [0.29, 0.717) is 16.9 Å². The Morgan fingerprint density at radius 1 is 0.630 bits per heavy atom. The SMILES string of the molecule is COc1cc(OC)c(F)c(Cc2c[nH]c3ncc(B4OC(C)(C)C(C)(C)O4)cc23)c1F.COc1cc(OC)c(F)c(Cc2c[nH]c3ncc(Br)cc23)c1F. The largest absolute Gasteiger partial charge is 0.496 e. The molecule has 10 nitrogen and oxygen atoms in total. The number of nitrogens with zero attached hydrogens (tertiary/aromatic N) is 2. The van der Waals surface area contributed by atoms with E-state index < -0.39 is 41.6 Å². The van der Waals surface area contributed by atoms with Crippen molar-refractivity contribution in [3.05, 3.63) is 99.0 Å². The molecule has 284 valence electrons. The molecule has 0 unspecified atom stereocenters. The van der Waals surface area contributed by atoms with Gasteiger partial charge in [-0.15, -0.1) is 0 Å². The molecule has 5 heterocycles. The molecule has 1 saturated heterocycles. The molecule has 7 rings (SSSR count). The van der Waals surface area contributed by atoms with E-state index in [4.69, 9.17) is 28.3 Å². The molecule has 4 aromatic heterocycles. The lowest BCUT2D eigenvalue weighted by Crippen LogP contribution is -2.41. The van der Waals surface area contributed by atoms with Gasteiger partial charge in [-0.2, -0.15) is 0 Å². The Hall–Kier alpha value is -4.80. The molecule has 0 aliphatic carbocycles. The summed E-state index contributed by atoms with van der Waals surface area (Å²) in [6.07, 6.45) is 6.74. The van der Waals surface area contributed by atoms with Gasteiger partial charge >= 0.3 is 7.12 Å². The predicted molar refractivity (Wildman–Crippen MR) is 200 cm³/mol. The highest BCUT2D eigenvalue weighted by Crippen LogP contribution is 2.38. The Bertz CT molecular complexity index is 2280. The average Bonchev–Trinajstić information content (AvgIpc) is 3.80. The first kappa shape index (κ1) is 38.9. The Morgan fingerprint density at radius 2 is 1.02 bits per heavy atom. The molecule has 0 saturated carbocycles.